The molecule has 0 aromatic heterocycles. The molecule has 1 amide bonds. The first-order valence-corrected chi connectivity index (χ1v) is 8.25. The van der Waals surface area contributed by atoms with Crippen molar-refractivity contribution in [1.29, 1.82) is 0 Å². The van der Waals surface area contributed by atoms with Gasteiger partial charge in [0, 0.05) is 38.6 Å². The van der Waals surface area contributed by atoms with Crippen molar-refractivity contribution in [3.63, 3.8) is 0 Å². The predicted octanol–water partition coefficient (Wildman–Crippen LogP) is 2.49. The molecule has 0 radical (unpaired) electrons. The molecule has 2 aliphatic rings. The lowest BCUT2D eigenvalue weighted by Crippen LogP contribution is -2.48. The van der Waals surface area contributed by atoms with E-state index in [4.69, 9.17) is 0 Å². The van der Waals surface area contributed by atoms with E-state index in [1.807, 2.05) is 18.9 Å². The van der Waals surface area contributed by atoms with Gasteiger partial charge in [-0.2, -0.15) is 0 Å². The van der Waals surface area contributed by atoms with Gasteiger partial charge >= 0.3 is 0 Å². The summed E-state index contributed by atoms with van der Waals surface area (Å²) in [7, 11) is 1.97. The highest BCUT2D eigenvalue weighted by atomic mass is 16.2. The molecule has 3 nitrogen and oxygen atoms in total. The van der Waals surface area contributed by atoms with Gasteiger partial charge in [-0.1, -0.05) is 31.2 Å². The summed E-state index contributed by atoms with van der Waals surface area (Å²) < 4.78 is 0. The number of carbonyl (C=O) groups excluding carboxylic acids is 1. The van der Waals surface area contributed by atoms with Gasteiger partial charge in [-0.15, -0.1) is 0 Å². The third kappa shape index (κ3) is 2.98. The lowest BCUT2D eigenvalue weighted by atomic mass is 10.0. The number of nitrogens with zero attached hydrogens (tertiary/aromatic N) is 2. The lowest BCUT2D eigenvalue weighted by molar-refractivity contribution is -0.132. The monoisotopic (exact) mass is 286 g/mol. The molecule has 0 saturated carbocycles. The number of piperidine rings is 1. The van der Waals surface area contributed by atoms with Crippen molar-refractivity contribution in [2.75, 3.05) is 20.1 Å². The summed E-state index contributed by atoms with van der Waals surface area (Å²) in [4.78, 5) is 16.4. The van der Waals surface area contributed by atoms with Crippen LogP contribution in [0.5, 0.6) is 0 Å². The van der Waals surface area contributed by atoms with E-state index in [2.05, 4.69) is 29.2 Å². The fraction of sp³-hybridized carbons (Fsp3) is 0.611. The van der Waals surface area contributed by atoms with Gasteiger partial charge in [0.05, 0.1) is 0 Å². The quantitative estimate of drug-likeness (QED) is 0.852. The maximum absolute atomic E-state index is 11.8. The van der Waals surface area contributed by atoms with Crippen LogP contribution in [0.25, 0.3) is 0 Å². The zero-order valence-corrected chi connectivity index (χ0v) is 13.2. The molecule has 1 aromatic rings. The van der Waals surface area contributed by atoms with E-state index in [1.165, 1.54) is 24.0 Å². The number of likely N-dealkylation sites (tertiary alicyclic amines) is 1. The summed E-state index contributed by atoms with van der Waals surface area (Å²) in [5.74, 6) is 0.279. The summed E-state index contributed by atoms with van der Waals surface area (Å²) in [5.41, 5.74) is 3.06. The molecular formula is C18H26N2O. The molecule has 114 valence electrons. The molecule has 0 N–H and O–H groups in total. The second-order valence-corrected chi connectivity index (χ2v) is 6.46. The van der Waals surface area contributed by atoms with Crippen molar-refractivity contribution in [2.45, 2.75) is 51.1 Å². The van der Waals surface area contributed by atoms with E-state index in [0.717, 1.165) is 25.9 Å². The summed E-state index contributed by atoms with van der Waals surface area (Å²) in [6, 6.07) is 9.97. The van der Waals surface area contributed by atoms with Crippen LogP contribution in [0.3, 0.4) is 0 Å². The molecular weight excluding hydrogens is 260 g/mol. The molecule has 3 heteroatoms. The van der Waals surface area contributed by atoms with E-state index < -0.39 is 0 Å². The first-order chi connectivity index (χ1) is 10.2. The van der Waals surface area contributed by atoms with Gasteiger partial charge in [0.15, 0.2) is 0 Å². The van der Waals surface area contributed by atoms with Crippen LogP contribution < -0.4 is 0 Å². The molecule has 0 unspecified atom stereocenters. The van der Waals surface area contributed by atoms with Gasteiger partial charge in [0.2, 0.25) is 5.91 Å². The number of fused-ring (bicyclic) bond motifs is 1. The SMILES string of the molecule is CCC(=O)N(C)C1CCN(C2Cc3ccccc3C2)CC1. The zero-order valence-electron chi connectivity index (χ0n) is 13.2. The van der Waals surface area contributed by atoms with Crippen LogP contribution in [0.15, 0.2) is 24.3 Å². The number of hydrogen-bond donors (Lipinski definition) is 0. The van der Waals surface area contributed by atoms with Crippen LogP contribution in [-0.2, 0) is 17.6 Å². The highest BCUT2D eigenvalue weighted by Gasteiger charge is 2.31. The number of carbonyl (C=O) groups is 1. The van der Waals surface area contributed by atoms with Crippen molar-refractivity contribution in [2.24, 2.45) is 0 Å². The molecule has 3 rings (SSSR count). The first kappa shape index (κ1) is 14.6. The maximum Gasteiger partial charge on any atom is 0.222 e. The summed E-state index contributed by atoms with van der Waals surface area (Å²) in [6.45, 7) is 4.21. The number of hydrogen-bond acceptors (Lipinski definition) is 2. The van der Waals surface area contributed by atoms with Gasteiger partial charge in [-0.25, -0.2) is 0 Å². The Labute approximate surface area is 127 Å². The highest BCUT2D eigenvalue weighted by molar-refractivity contribution is 5.75. The number of rotatable bonds is 3. The minimum absolute atomic E-state index is 0.279. The van der Waals surface area contributed by atoms with Crippen molar-refractivity contribution < 1.29 is 4.79 Å². The molecule has 1 aliphatic carbocycles. The van der Waals surface area contributed by atoms with Crippen LogP contribution in [-0.4, -0.2) is 47.9 Å². The fourth-order valence-electron chi connectivity index (χ4n) is 3.89. The third-order valence-corrected chi connectivity index (χ3v) is 5.29. The van der Waals surface area contributed by atoms with Crippen LogP contribution >= 0.6 is 0 Å². The minimum atomic E-state index is 0.279. The zero-order chi connectivity index (χ0) is 14.8. The molecule has 1 aliphatic heterocycles. The lowest BCUT2D eigenvalue weighted by Gasteiger charge is -2.39. The topological polar surface area (TPSA) is 23.6 Å². The Bertz CT molecular complexity index is 481. The van der Waals surface area contributed by atoms with Gasteiger partial charge in [-0.3, -0.25) is 9.69 Å². The Morgan fingerprint density at radius 3 is 2.29 bits per heavy atom. The fourth-order valence-corrected chi connectivity index (χ4v) is 3.89. The van der Waals surface area contributed by atoms with Gasteiger partial charge in [0.1, 0.15) is 0 Å². The maximum atomic E-state index is 11.8. The van der Waals surface area contributed by atoms with Crippen molar-refractivity contribution in [3.05, 3.63) is 35.4 Å². The van der Waals surface area contributed by atoms with E-state index in [0.29, 0.717) is 18.5 Å². The summed E-state index contributed by atoms with van der Waals surface area (Å²) >= 11 is 0. The number of benzene rings is 1. The average Bonchev–Trinajstić information content (AvgIpc) is 2.97. The molecule has 21 heavy (non-hydrogen) atoms. The standard InChI is InChI=1S/C18H26N2O/c1-3-18(21)19(2)16-8-10-20(11-9-16)17-12-14-6-4-5-7-15(14)13-17/h4-7,16-17H,3,8-13H2,1-2H3. The van der Waals surface area contributed by atoms with Crippen molar-refractivity contribution in [3.8, 4) is 0 Å². The first-order valence-electron chi connectivity index (χ1n) is 8.25. The van der Waals surface area contributed by atoms with E-state index in [9.17, 15) is 4.79 Å². The van der Waals surface area contributed by atoms with E-state index in [-0.39, 0.29) is 5.91 Å². The summed E-state index contributed by atoms with van der Waals surface area (Å²) in [5, 5.41) is 0. The largest absolute Gasteiger partial charge is 0.343 e. The second-order valence-electron chi connectivity index (χ2n) is 6.46. The molecule has 1 fully saturated rings. The third-order valence-electron chi connectivity index (χ3n) is 5.29. The van der Waals surface area contributed by atoms with E-state index >= 15 is 0 Å². The molecule has 1 saturated heterocycles. The van der Waals surface area contributed by atoms with Crippen LogP contribution in [0.2, 0.25) is 0 Å². The van der Waals surface area contributed by atoms with Crippen molar-refractivity contribution >= 4 is 5.91 Å². The smallest absolute Gasteiger partial charge is 0.222 e. The Hall–Kier alpha value is -1.35. The average molecular weight is 286 g/mol. The van der Waals surface area contributed by atoms with Crippen LogP contribution in [0.1, 0.15) is 37.3 Å². The Kier molecular flexibility index (Phi) is 4.29. The second kappa shape index (κ2) is 6.18. The van der Waals surface area contributed by atoms with Crippen LogP contribution in [0.4, 0.5) is 0 Å². The van der Waals surface area contributed by atoms with E-state index in [1.54, 1.807) is 0 Å². The molecule has 1 heterocycles. The van der Waals surface area contributed by atoms with Gasteiger partial charge in [-0.05, 0) is 36.8 Å². The predicted molar refractivity (Wildman–Crippen MR) is 85.3 cm³/mol. The van der Waals surface area contributed by atoms with Gasteiger partial charge in [0.25, 0.3) is 0 Å². The van der Waals surface area contributed by atoms with Gasteiger partial charge < -0.3 is 4.90 Å². The molecule has 0 bridgehead atoms. The Balaban J connectivity index is 1.54. The molecule has 0 spiro atoms. The minimum Gasteiger partial charge on any atom is -0.343 e. The van der Waals surface area contributed by atoms with Crippen molar-refractivity contribution in [1.82, 2.24) is 9.80 Å². The normalized spacial score (nSPS) is 20.5. The molecule has 1 aromatic carbocycles. The highest BCUT2D eigenvalue weighted by Crippen LogP contribution is 2.28. The molecule has 0 atom stereocenters. The summed E-state index contributed by atoms with van der Waals surface area (Å²) in [6.07, 6.45) is 5.26. The number of amides is 1. The van der Waals surface area contributed by atoms with Crippen LogP contribution in [0, 0.1) is 0 Å². The Morgan fingerprint density at radius 2 is 1.76 bits per heavy atom. The Morgan fingerprint density at radius 1 is 1.19 bits per heavy atom.